The quantitative estimate of drug-likeness (QED) is 0.436. The fourth-order valence-corrected chi connectivity index (χ4v) is 5.00. The van der Waals surface area contributed by atoms with Crippen molar-refractivity contribution in [2.24, 2.45) is 0 Å². The van der Waals surface area contributed by atoms with Gasteiger partial charge in [-0.05, 0) is 69.8 Å². The number of nitrogens with one attached hydrogen (secondary N) is 2. The first-order valence-electron chi connectivity index (χ1n) is 12.0. The molecule has 1 saturated carbocycles. The molecule has 1 aromatic carbocycles. The van der Waals surface area contributed by atoms with Gasteiger partial charge < -0.3 is 15.1 Å². The van der Waals surface area contributed by atoms with Gasteiger partial charge in [0.1, 0.15) is 18.3 Å². The Morgan fingerprint density at radius 1 is 1.26 bits per heavy atom. The number of alkyl halides is 1. The highest BCUT2D eigenvalue weighted by molar-refractivity contribution is 5.76. The Bertz CT molecular complexity index is 1500. The van der Waals surface area contributed by atoms with Gasteiger partial charge in [-0.15, -0.1) is 0 Å². The monoisotopic (exact) mass is 477 g/mol. The van der Waals surface area contributed by atoms with Crippen LogP contribution in [0.3, 0.4) is 0 Å². The molecule has 2 N–H and O–H groups in total. The first-order valence-corrected chi connectivity index (χ1v) is 12.0. The Morgan fingerprint density at radius 2 is 2.09 bits per heavy atom. The van der Waals surface area contributed by atoms with Gasteiger partial charge >= 0.3 is 6.01 Å². The van der Waals surface area contributed by atoms with E-state index in [9.17, 15) is 9.18 Å². The molecule has 0 radical (unpaired) electrons. The van der Waals surface area contributed by atoms with E-state index in [1.165, 1.54) is 28.3 Å². The van der Waals surface area contributed by atoms with E-state index >= 15 is 0 Å². The molecule has 0 atom stereocenters. The molecule has 182 valence electrons. The third-order valence-corrected chi connectivity index (χ3v) is 7.30. The molecular weight excluding hydrogens is 449 g/mol. The molecule has 0 bridgehead atoms. The second-order valence-electron chi connectivity index (χ2n) is 9.99. The van der Waals surface area contributed by atoms with E-state index < -0.39 is 12.1 Å². The van der Waals surface area contributed by atoms with Gasteiger partial charge in [0.15, 0.2) is 5.65 Å². The minimum Gasteiger partial charge on any atom is -0.430 e. The SMILES string of the molecule is CCn1c(=O)c2cnc(Nc3ccc4c(c3)CCNC4(C)C)nc2n1-c1nc(C2(CF)CC2)co1. The Labute approximate surface area is 201 Å². The topological polar surface area (TPSA) is 103 Å². The maximum atomic E-state index is 13.6. The highest BCUT2D eigenvalue weighted by Gasteiger charge is 2.47. The summed E-state index contributed by atoms with van der Waals surface area (Å²) in [5.74, 6) is 0.363. The van der Waals surface area contributed by atoms with Crippen LogP contribution in [0.5, 0.6) is 0 Å². The Morgan fingerprint density at radius 3 is 2.83 bits per heavy atom. The molecule has 2 aliphatic rings. The van der Waals surface area contributed by atoms with Crippen LogP contribution in [0.2, 0.25) is 0 Å². The lowest BCUT2D eigenvalue weighted by atomic mass is 9.85. The summed E-state index contributed by atoms with van der Waals surface area (Å²) >= 11 is 0. The number of hydrogen-bond donors (Lipinski definition) is 2. The number of benzene rings is 1. The molecule has 0 saturated heterocycles. The molecule has 10 heteroatoms. The molecule has 35 heavy (non-hydrogen) atoms. The zero-order valence-corrected chi connectivity index (χ0v) is 20.1. The Kier molecular flexibility index (Phi) is 4.86. The maximum absolute atomic E-state index is 13.6. The normalized spacial score (nSPS) is 17.9. The molecule has 0 spiro atoms. The first kappa shape index (κ1) is 22.0. The van der Waals surface area contributed by atoms with E-state index in [0.717, 1.165) is 31.5 Å². The summed E-state index contributed by atoms with van der Waals surface area (Å²) in [4.78, 5) is 26.6. The van der Waals surface area contributed by atoms with Gasteiger partial charge in [-0.3, -0.25) is 9.18 Å². The predicted molar refractivity (Wildman–Crippen MR) is 130 cm³/mol. The molecule has 4 heterocycles. The van der Waals surface area contributed by atoms with Crippen molar-refractivity contribution >= 4 is 22.7 Å². The summed E-state index contributed by atoms with van der Waals surface area (Å²) in [6, 6.07) is 6.46. The van der Waals surface area contributed by atoms with E-state index in [2.05, 4.69) is 51.6 Å². The second-order valence-corrected chi connectivity index (χ2v) is 9.99. The number of halogens is 1. The summed E-state index contributed by atoms with van der Waals surface area (Å²) in [6.07, 6.45) is 5.44. The minimum absolute atomic E-state index is 0.0727. The van der Waals surface area contributed by atoms with Crippen LogP contribution in [0.25, 0.3) is 17.0 Å². The van der Waals surface area contributed by atoms with Gasteiger partial charge in [0.05, 0.1) is 5.69 Å². The highest BCUT2D eigenvalue weighted by Crippen LogP contribution is 2.48. The molecule has 9 nitrogen and oxygen atoms in total. The smallest absolute Gasteiger partial charge is 0.323 e. The highest BCUT2D eigenvalue weighted by atomic mass is 19.1. The number of aromatic nitrogens is 5. The van der Waals surface area contributed by atoms with Gasteiger partial charge in [0.2, 0.25) is 5.95 Å². The zero-order chi connectivity index (χ0) is 24.4. The van der Waals surface area contributed by atoms with Gasteiger partial charge in [0, 0.05) is 29.4 Å². The molecule has 0 amide bonds. The van der Waals surface area contributed by atoms with Crippen molar-refractivity contribution in [2.45, 2.75) is 57.5 Å². The summed E-state index contributed by atoms with van der Waals surface area (Å²) < 4.78 is 22.3. The molecular formula is C25H28FN7O2. The molecule has 1 fully saturated rings. The zero-order valence-electron chi connectivity index (χ0n) is 20.1. The van der Waals surface area contributed by atoms with Crippen LogP contribution < -0.4 is 16.2 Å². The second kappa shape index (κ2) is 7.74. The fourth-order valence-electron chi connectivity index (χ4n) is 5.00. The number of anilines is 2. The maximum Gasteiger partial charge on any atom is 0.323 e. The largest absolute Gasteiger partial charge is 0.430 e. The van der Waals surface area contributed by atoms with E-state index in [0.29, 0.717) is 29.2 Å². The van der Waals surface area contributed by atoms with Crippen LogP contribution in [0.15, 0.2) is 39.9 Å². The van der Waals surface area contributed by atoms with Gasteiger partial charge in [-0.25, -0.2) is 9.67 Å². The van der Waals surface area contributed by atoms with Crippen molar-refractivity contribution in [3.05, 3.63) is 57.8 Å². The molecule has 4 aromatic rings. The van der Waals surface area contributed by atoms with E-state index in [1.54, 1.807) is 4.68 Å². The van der Waals surface area contributed by atoms with Crippen molar-refractivity contribution < 1.29 is 8.81 Å². The third-order valence-electron chi connectivity index (χ3n) is 7.30. The van der Waals surface area contributed by atoms with E-state index in [4.69, 9.17) is 4.42 Å². The summed E-state index contributed by atoms with van der Waals surface area (Å²) in [6.45, 7) is 7.05. The Balaban J connectivity index is 1.40. The summed E-state index contributed by atoms with van der Waals surface area (Å²) in [5, 5.41) is 7.18. The van der Waals surface area contributed by atoms with Gasteiger partial charge in [-0.2, -0.15) is 14.6 Å². The lowest BCUT2D eigenvalue weighted by Crippen LogP contribution is -2.42. The van der Waals surface area contributed by atoms with Crippen LogP contribution in [0.4, 0.5) is 16.0 Å². The lowest BCUT2D eigenvalue weighted by Gasteiger charge is -2.34. The minimum atomic E-state index is -0.555. The molecule has 1 aliphatic carbocycles. The lowest BCUT2D eigenvalue weighted by molar-refractivity contribution is 0.382. The average molecular weight is 478 g/mol. The Hall–Kier alpha value is -3.53. The van der Waals surface area contributed by atoms with Crippen molar-refractivity contribution in [3.63, 3.8) is 0 Å². The molecule has 0 unspecified atom stereocenters. The molecule has 6 rings (SSSR count). The number of fused-ring (bicyclic) bond motifs is 2. The van der Waals surface area contributed by atoms with Crippen molar-refractivity contribution in [2.75, 3.05) is 18.5 Å². The standard InChI is InChI=1S/C25H28FN7O2/c1-4-32-21(34)17-12-27-22(29-16-5-6-18-15(11-16)7-10-28-24(18,2)3)31-20(17)33(32)23-30-19(13-35-23)25(14-26)8-9-25/h5-6,11-13,28H,4,7-10,14H2,1-3H3,(H,27,29,31). The summed E-state index contributed by atoms with van der Waals surface area (Å²) in [5.41, 5.74) is 3.54. The third kappa shape index (κ3) is 3.46. The average Bonchev–Trinajstić information content (AvgIpc) is 3.40. The fraction of sp³-hybridized carbons (Fsp3) is 0.440. The van der Waals surface area contributed by atoms with Crippen LogP contribution >= 0.6 is 0 Å². The van der Waals surface area contributed by atoms with Crippen LogP contribution in [0.1, 0.15) is 50.4 Å². The van der Waals surface area contributed by atoms with Gasteiger partial charge in [0.25, 0.3) is 5.56 Å². The van der Waals surface area contributed by atoms with E-state index in [1.807, 2.05) is 13.0 Å². The number of hydrogen-bond acceptors (Lipinski definition) is 7. The van der Waals surface area contributed by atoms with Gasteiger partial charge in [-0.1, -0.05) is 6.07 Å². The summed E-state index contributed by atoms with van der Waals surface area (Å²) in [7, 11) is 0. The predicted octanol–water partition coefficient (Wildman–Crippen LogP) is 3.72. The van der Waals surface area contributed by atoms with Crippen molar-refractivity contribution in [1.82, 2.24) is 29.6 Å². The number of oxazole rings is 1. The number of nitrogens with zero attached hydrogens (tertiary/aromatic N) is 5. The van der Waals surface area contributed by atoms with Crippen molar-refractivity contribution in [1.29, 1.82) is 0 Å². The van der Waals surface area contributed by atoms with E-state index in [-0.39, 0.29) is 17.1 Å². The van der Waals surface area contributed by atoms with Crippen molar-refractivity contribution in [3.8, 4) is 6.01 Å². The molecule has 3 aromatic heterocycles. The molecule has 1 aliphatic heterocycles. The number of rotatable bonds is 6. The van der Waals surface area contributed by atoms with Crippen LogP contribution in [-0.4, -0.2) is 37.5 Å². The van der Waals surface area contributed by atoms with Crippen LogP contribution in [-0.2, 0) is 23.9 Å². The van der Waals surface area contributed by atoms with Crippen LogP contribution in [0, 0.1) is 0 Å². The first-order chi connectivity index (χ1) is 16.8.